The highest BCUT2D eigenvalue weighted by atomic mass is 16.2. The number of carbonyl (C=O) groups excluding carboxylic acids is 1. The molecule has 1 fully saturated rings. The summed E-state index contributed by atoms with van der Waals surface area (Å²) >= 11 is 0. The van der Waals surface area contributed by atoms with Crippen molar-refractivity contribution in [1.82, 2.24) is 15.1 Å². The molecule has 0 unspecified atom stereocenters. The van der Waals surface area contributed by atoms with Crippen molar-refractivity contribution >= 4 is 17.4 Å². The number of nitrogens with two attached hydrogens (primary N) is 1. The molecule has 1 aliphatic rings. The summed E-state index contributed by atoms with van der Waals surface area (Å²) in [5, 5.41) is 6.96. The smallest absolute Gasteiger partial charge is 0.272 e. The minimum Gasteiger partial charge on any atom is -0.382 e. The van der Waals surface area contributed by atoms with Gasteiger partial charge in [0, 0.05) is 31.9 Å². The van der Waals surface area contributed by atoms with Crippen LogP contribution in [-0.2, 0) is 0 Å². The standard InChI is InChI=1S/C22H25N5O/c1-16-8-5-6-11-18(16)26-12-7-13-27(15-14-26)22(28)20-19(21(23)25-24-20)17-9-3-2-4-10-17/h2-6,8-11H,7,12-15H2,1H3,(H3,23,24,25). The zero-order valence-corrected chi connectivity index (χ0v) is 16.1. The molecule has 1 aliphatic heterocycles. The number of benzene rings is 2. The van der Waals surface area contributed by atoms with Crippen LogP contribution in [0.15, 0.2) is 54.6 Å². The van der Waals surface area contributed by atoms with Crippen molar-refractivity contribution in [1.29, 1.82) is 0 Å². The average Bonchev–Trinajstić information content (AvgIpc) is 2.94. The third-order valence-electron chi connectivity index (χ3n) is 5.31. The molecule has 0 atom stereocenters. The third kappa shape index (κ3) is 3.45. The molecule has 4 rings (SSSR count). The minimum absolute atomic E-state index is 0.0466. The Labute approximate surface area is 165 Å². The number of aromatic nitrogens is 2. The molecule has 0 radical (unpaired) electrons. The van der Waals surface area contributed by atoms with Crippen LogP contribution in [0.25, 0.3) is 11.1 Å². The maximum absolute atomic E-state index is 13.3. The van der Waals surface area contributed by atoms with E-state index in [9.17, 15) is 4.79 Å². The summed E-state index contributed by atoms with van der Waals surface area (Å²) < 4.78 is 0. The first-order chi connectivity index (χ1) is 13.6. The lowest BCUT2D eigenvalue weighted by Gasteiger charge is -2.25. The Morgan fingerprint density at radius 3 is 2.54 bits per heavy atom. The number of hydrogen-bond acceptors (Lipinski definition) is 4. The molecule has 3 N–H and O–H groups in total. The molecule has 0 saturated carbocycles. The fourth-order valence-electron chi connectivity index (χ4n) is 3.85. The second-order valence-corrected chi connectivity index (χ2v) is 7.14. The van der Waals surface area contributed by atoms with Gasteiger partial charge < -0.3 is 15.5 Å². The second-order valence-electron chi connectivity index (χ2n) is 7.14. The van der Waals surface area contributed by atoms with E-state index in [0.717, 1.165) is 25.1 Å². The highest BCUT2D eigenvalue weighted by molar-refractivity contribution is 6.01. The van der Waals surface area contributed by atoms with Gasteiger partial charge in [0.1, 0.15) is 5.69 Å². The fourth-order valence-corrected chi connectivity index (χ4v) is 3.85. The maximum Gasteiger partial charge on any atom is 0.272 e. The van der Waals surface area contributed by atoms with Gasteiger partial charge >= 0.3 is 0 Å². The van der Waals surface area contributed by atoms with Gasteiger partial charge in [-0.05, 0) is 30.5 Å². The van der Waals surface area contributed by atoms with Gasteiger partial charge in [-0.25, -0.2) is 0 Å². The van der Waals surface area contributed by atoms with Crippen LogP contribution in [0.1, 0.15) is 22.5 Å². The number of hydrogen-bond donors (Lipinski definition) is 2. The first kappa shape index (κ1) is 18.1. The predicted molar refractivity (Wildman–Crippen MR) is 112 cm³/mol. The van der Waals surface area contributed by atoms with E-state index in [2.05, 4.69) is 46.3 Å². The van der Waals surface area contributed by atoms with Crippen LogP contribution in [0.3, 0.4) is 0 Å². The van der Waals surface area contributed by atoms with Crippen LogP contribution in [0.2, 0.25) is 0 Å². The summed E-state index contributed by atoms with van der Waals surface area (Å²) in [6.07, 6.45) is 0.921. The van der Waals surface area contributed by atoms with Crippen molar-refractivity contribution < 1.29 is 4.79 Å². The van der Waals surface area contributed by atoms with Crippen molar-refractivity contribution in [2.75, 3.05) is 36.8 Å². The summed E-state index contributed by atoms with van der Waals surface area (Å²) in [4.78, 5) is 17.5. The number of carbonyl (C=O) groups is 1. The zero-order chi connectivity index (χ0) is 19.5. The van der Waals surface area contributed by atoms with E-state index in [0.29, 0.717) is 30.2 Å². The monoisotopic (exact) mass is 375 g/mol. The molecule has 3 aromatic rings. The summed E-state index contributed by atoms with van der Waals surface area (Å²) in [5.74, 6) is 0.306. The van der Waals surface area contributed by atoms with Crippen LogP contribution < -0.4 is 10.6 Å². The van der Waals surface area contributed by atoms with Crippen molar-refractivity contribution in [2.24, 2.45) is 0 Å². The number of aryl methyl sites for hydroxylation is 1. The number of nitrogen functional groups attached to an aromatic ring is 1. The van der Waals surface area contributed by atoms with E-state index in [1.807, 2.05) is 35.2 Å². The number of amides is 1. The minimum atomic E-state index is -0.0466. The Hall–Kier alpha value is -3.28. The van der Waals surface area contributed by atoms with Crippen molar-refractivity contribution in [3.05, 3.63) is 65.9 Å². The van der Waals surface area contributed by atoms with Gasteiger partial charge in [0.25, 0.3) is 5.91 Å². The van der Waals surface area contributed by atoms with Crippen molar-refractivity contribution in [3.8, 4) is 11.1 Å². The molecule has 1 aromatic heterocycles. The van der Waals surface area contributed by atoms with Gasteiger partial charge in [-0.1, -0.05) is 48.5 Å². The molecule has 0 aliphatic carbocycles. The van der Waals surface area contributed by atoms with Gasteiger partial charge in [0.05, 0.1) is 5.56 Å². The normalized spacial score (nSPS) is 14.8. The van der Waals surface area contributed by atoms with Crippen LogP contribution in [0, 0.1) is 6.92 Å². The lowest BCUT2D eigenvalue weighted by atomic mass is 10.0. The van der Waals surface area contributed by atoms with Gasteiger partial charge in [0.15, 0.2) is 5.82 Å². The summed E-state index contributed by atoms with van der Waals surface area (Å²) in [5.41, 5.74) is 10.6. The van der Waals surface area contributed by atoms with Crippen molar-refractivity contribution in [2.45, 2.75) is 13.3 Å². The van der Waals surface area contributed by atoms with Gasteiger partial charge in [0.2, 0.25) is 0 Å². The molecule has 1 amide bonds. The molecule has 6 nitrogen and oxygen atoms in total. The summed E-state index contributed by atoms with van der Waals surface area (Å²) in [6.45, 7) is 5.25. The first-order valence-corrected chi connectivity index (χ1v) is 9.64. The van der Waals surface area contributed by atoms with Crippen LogP contribution >= 0.6 is 0 Å². The number of rotatable bonds is 3. The van der Waals surface area contributed by atoms with E-state index >= 15 is 0 Å². The Bertz CT molecular complexity index is 966. The number of anilines is 2. The van der Waals surface area contributed by atoms with E-state index in [1.54, 1.807) is 0 Å². The molecule has 2 heterocycles. The highest BCUT2D eigenvalue weighted by Gasteiger charge is 2.26. The molecule has 144 valence electrons. The molecule has 2 aromatic carbocycles. The lowest BCUT2D eigenvalue weighted by molar-refractivity contribution is 0.0762. The summed E-state index contributed by atoms with van der Waals surface area (Å²) in [6, 6.07) is 18.1. The van der Waals surface area contributed by atoms with Gasteiger partial charge in [-0.3, -0.25) is 9.89 Å². The van der Waals surface area contributed by atoms with Crippen LogP contribution in [-0.4, -0.2) is 47.2 Å². The quantitative estimate of drug-likeness (QED) is 0.736. The Balaban J connectivity index is 1.55. The predicted octanol–water partition coefficient (Wildman–Crippen LogP) is 3.32. The zero-order valence-electron chi connectivity index (χ0n) is 16.1. The van der Waals surface area contributed by atoms with E-state index in [-0.39, 0.29) is 5.91 Å². The molecule has 0 spiro atoms. The molecule has 6 heteroatoms. The lowest BCUT2D eigenvalue weighted by Crippen LogP contribution is -2.35. The number of nitrogens with one attached hydrogen (secondary N) is 1. The van der Waals surface area contributed by atoms with Crippen molar-refractivity contribution in [3.63, 3.8) is 0 Å². The third-order valence-corrected chi connectivity index (χ3v) is 5.31. The fraction of sp³-hybridized carbons (Fsp3) is 0.273. The molecular formula is C22H25N5O. The number of para-hydroxylation sites is 1. The molecule has 28 heavy (non-hydrogen) atoms. The second kappa shape index (κ2) is 7.76. The van der Waals surface area contributed by atoms with Crippen LogP contribution in [0.4, 0.5) is 11.5 Å². The SMILES string of the molecule is Cc1ccccc1N1CCCN(C(=O)c2[nH]nc(N)c2-c2ccccc2)CC1. The first-order valence-electron chi connectivity index (χ1n) is 9.64. The summed E-state index contributed by atoms with van der Waals surface area (Å²) in [7, 11) is 0. The molecule has 1 saturated heterocycles. The molecular weight excluding hydrogens is 350 g/mol. The van der Waals surface area contributed by atoms with E-state index in [1.165, 1.54) is 11.3 Å². The molecule has 0 bridgehead atoms. The number of aromatic amines is 1. The largest absolute Gasteiger partial charge is 0.382 e. The average molecular weight is 375 g/mol. The van der Waals surface area contributed by atoms with E-state index < -0.39 is 0 Å². The Morgan fingerprint density at radius 2 is 1.75 bits per heavy atom. The van der Waals surface area contributed by atoms with E-state index in [4.69, 9.17) is 5.73 Å². The van der Waals surface area contributed by atoms with Gasteiger partial charge in [-0.15, -0.1) is 0 Å². The van der Waals surface area contributed by atoms with Gasteiger partial charge in [-0.2, -0.15) is 5.10 Å². The number of H-pyrrole nitrogens is 1. The number of nitrogens with zero attached hydrogens (tertiary/aromatic N) is 3. The topological polar surface area (TPSA) is 78.2 Å². The maximum atomic E-state index is 13.3. The highest BCUT2D eigenvalue weighted by Crippen LogP contribution is 2.29. The Kier molecular flexibility index (Phi) is 5.02. The van der Waals surface area contributed by atoms with Crippen LogP contribution in [0.5, 0.6) is 0 Å². The Morgan fingerprint density at radius 1 is 1.00 bits per heavy atom.